The Kier molecular flexibility index (Phi) is 3.79. The van der Waals surface area contributed by atoms with Crippen molar-refractivity contribution < 1.29 is 18.7 Å². The highest BCUT2D eigenvalue weighted by Crippen LogP contribution is 2.35. The van der Waals surface area contributed by atoms with Crippen LogP contribution >= 0.6 is 15.9 Å². The number of carbonyl (C=O) groups is 1. The lowest BCUT2D eigenvalue weighted by molar-refractivity contribution is -0.128. The number of methoxy groups -OCH3 is 1. The van der Waals surface area contributed by atoms with Crippen LogP contribution in [0.4, 0.5) is 4.39 Å². The standard InChI is InChI=1S/C12H12BrFO3/c1-16-8-5-9(13)12(10(14)6-8)11-4-7(15)2-3-17-11/h5-6,11H,2-4H2,1H3. The van der Waals surface area contributed by atoms with Gasteiger partial charge < -0.3 is 9.47 Å². The molecular weight excluding hydrogens is 291 g/mol. The summed E-state index contributed by atoms with van der Waals surface area (Å²) in [7, 11) is 1.47. The van der Waals surface area contributed by atoms with Gasteiger partial charge in [-0.05, 0) is 6.07 Å². The van der Waals surface area contributed by atoms with Gasteiger partial charge in [0.05, 0.1) is 19.8 Å². The number of halogens is 2. The van der Waals surface area contributed by atoms with Gasteiger partial charge >= 0.3 is 0 Å². The minimum atomic E-state index is -0.503. The summed E-state index contributed by atoms with van der Waals surface area (Å²) in [5, 5.41) is 0. The molecule has 0 bridgehead atoms. The summed E-state index contributed by atoms with van der Waals surface area (Å²) >= 11 is 3.28. The first-order valence-corrected chi connectivity index (χ1v) is 6.07. The van der Waals surface area contributed by atoms with Gasteiger partial charge in [0.15, 0.2) is 0 Å². The van der Waals surface area contributed by atoms with E-state index in [0.717, 1.165) is 0 Å². The van der Waals surface area contributed by atoms with Gasteiger partial charge in [-0.15, -0.1) is 0 Å². The summed E-state index contributed by atoms with van der Waals surface area (Å²) in [6.07, 6.45) is 0.129. The maximum atomic E-state index is 13.9. The lowest BCUT2D eigenvalue weighted by atomic mass is 10.00. The fourth-order valence-electron chi connectivity index (χ4n) is 1.85. The molecule has 92 valence electrons. The van der Waals surface area contributed by atoms with Crippen molar-refractivity contribution in [3.63, 3.8) is 0 Å². The number of ether oxygens (including phenoxy) is 2. The number of carbonyl (C=O) groups excluding carboxylic acids is 1. The van der Waals surface area contributed by atoms with E-state index < -0.39 is 11.9 Å². The summed E-state index contributed by atoms with van der Waals surface area (Å²) < 4.78 is 24.9. The third-order valence-electron chi connectivity index (χ3n) is 2.72. The van der Waals surface area contributed by atoms with Gasteiger partial charge in [-0.1, -0.05) is 15.9 Å². The van der Waals surface area contributed by atoms with Crippen LogP contribution in [0.25, 0.3) is 0 Å². The normalized spacial score (nSPS) is 20.4. The first kappa shape index (κ1) is 12.5. The Bertz CT molecular complexity index is 424. The SMILES string of the molecule is COc1cc(F)c(C2CC(=O)CCO2)c(Br)c1. The lowest BCUT2D eigenvalue weighted by Gasteiger charge is -2.23. The minimum absolute atomic E-state index is 0.100. The first-order valence-electron chi connectivity index (χ1n) is 5.28. The molecule has 1 fully saturated rings. The molecule has 1 aliphatic rings. The summed E-state index contributed by atoms with van der Waals surface area (Å²) in [5.41, 5.74) is 0.388. The van der Waals surface area contributed by atoms with Crippen LogP contribution in [-0.2, 0) is 9.53 Å². The second-order valence-electron chi connectivity index (χ2n) is 3.86. The topological polar surface area (TPSA) is 35.5 Å². The summed E-state index contributed by atoms with van der Waals surface area (Å²) in [5.74, 6) is 0.111. The second kappa shape index (κ2) is 5.14. The van der Waals surface area contributed by atoms with Crippen LogP contribution in [0.2, 0.25) is 0 Å². The molecule has 0 aliphatic carbocycles. The van der Waals surface area contributed by atoms with Crippen molar-refractivity contribution in [3.8, 4) is 5.75 Å². The molecule has 3 nitrogen and oxygen atoms in total. The van der Waals surface area contributed by atoms with E-state index >= 15 is 0 Å². The van der Waals surface area contributed by atoms with Crippen LogP contribution in [0.15, 0.2) is 16.6 Å². The Morgan fingerprint density at radius 3 is 2.88 bits per heavy atom. The highest BCUT2D eigenvalue weighted by atomic mass is 79.9. The average Bonchev–Trinajstić information content (AvgIpc) is 2.28. The van der Waals surface area contributed by atoms with Gasteiger partial charge in [-0.25, -0.2) is 4.39 Å². The van der Waals surface area contributed by atoms with Gasteiger partial charge in [-0.3, -0.25) is 4.79 Å². The molecule has 1 unspecified atom stereocenters. The van der Waals surface area contributed by atoms with Crippen molar-refractivity contribution in [3.05, 3.63) is 28.0 Å². The summed E-state index contributed by atoms with van der Waals surface area (Å²) in [6.45, 7) is 0.349. The van der Waals surface area contributed by atoms with Gasteiger partial charge in [0.1, 0.15) is 17.3 Å². The van der Waals surface area contributed by atoms with Crippen LogP contribution in [0.3, 0.4) is 0 Å². The molecule has 0 aromatic heterocycles. The van der Waals surface area contributed by atoms with Crippen LogP contribution in [0, 0.1) is 5.82 Å². The number of hydrogen-bond donors (Lipinski definition) is 0. The van der Waals surface area contributed by atoms with Crippen LogP contribution in [0.1, 0.15) is 24.5 Å². The zero-order valence-electron chi connectivity index (χ0n) is 9.33. The number of rotatable bonds is 2. The molecule has 0 saturated carbocycles. The zero-order valence-corrected chi connectivity index (χ0v) is 10.9. The molecule has 17 heavy (non-hydrogen) atoms. The van der Waals surface area contributed by atoms with Crippen LogP contribution in [-0.4, -0.2) is 19.5 Å². The average molecular weight is 303 g/mol. The molecule has 2 rings (SSSR count). The molecule has 1 aliphatic heterocycles. The Balaban J connectivity index is 2.34. The quantitative estimate of drug-likeness (QED) is 0.842. The van der Waals surface area contributed by atoms with Gasteiger partial charge in [0.25, 0.3) is 0 Å². The van der Waals surface area contributed by atoms with Crippen LogP contribution in [0.5, 0.6) is 5.75 Å². The summed E-state index contributed by atoms with van der Waals surface area (Å²) in [6, 6.07) is 2.96. The number of Topliss-reactive ketones (excluding diaryl/α,β-unsaturated/α-hetero) is 1. The number of benzene rings is 1. The number of ketones is 1. The summed E-state index contributed by atoms with van der Waals surface area (Å²) in [4.78, 5) is 11.4. The van der Waals surface area contributed by atoms with Crippen molar-refractivity contribution in [1.82, 2.24) is 0 Å². The van der Waals surface area contributed by atoms with E-state index in [0.29, 0.717) is 28.8 Å². The van der Waals surface area contributed by atoms with Gasteiger partial charge in [0.2, 0.25) is 0 Å². The van der Waals surface area contributed by atoms with Crippen LogP contribution < -0.4 is 4.74 Å². The van der Waals surface area contributed by atoms with E-state index in [9.17, 15) is 9.18 Å². The Hall–Kier alpha value is -0.940. The highest BCUT2D eigenvalue weighted by Gasteiger charge is 2.26. The molecule has 1 saturated heterocycles. The van der Waals surface area contributed by atoms with E-state index in [2.05, 4.69) is 15.9 Å². The third-order valence-corrected chi connectivity index (χ3v) is 3.38. The molecule has 0 radical (unpaired) electrons. The van der Waals surface area contributed by atoms with E-state index in [4.69, 9.17) is 9.47 Å². The van der Waals surface area contributed by atoms with Crippen molar-refractivity contribution in [2.24, 2.45) is 0 Å². The maximum absolute atomic E-state index is 13.9. The molecule has 0 amide bonds. The van der Waals surface area contributed by atoms with Gasteiger partial charge in [0, 0.05) is 28.9 Å². The van der Waals surface area contributed by atoms with Crippen molar-refractivity contribution >= 4 is 21.7 Å². The second-order valence-corrected chi connectivity index (χ2v) is 4.71. The molecule has 1 atom stereocenters. The van der Waals surface area contributed by atoms with Crippen molar-refractivity contribution in [1.29, 1.82) is 0 Å². The fourth-order valence-corrected chi connectivity index (χ4v) is 2.53. The predicted octanol–water partition coefficient (Wildman–Crippen LogP) is 3.02. The molecule has 1 aromatic carbocycles. The third kappa shape index (κ3) is 2.66. The predicted molar refractivity (Wildman–Crippen MR) is 63.6 cm³/mol. The minimum Gasteiger partial charge on any atom is -0.497 e. The molecular formula is C12H12BrFO3. The lowest BCUT2D eigenvalue weighted by Crippen LogP contribution is -2.20. The molecule has 1 heterocycles. The highest BCUT2D eigenvalue weighted by molar-refractivity contribution is 9.10. The largest absolute Gasteiger partial charge is 0.497 e. The molecule has 5 heteroatoms. The monoisotopic (exact) mass is 302 g/mol. The Morgan fingerprint density at radius 2 is 2.29 bits per heavy atom. The fraction of sp³-hybridized carbons (Fsp3) is 0.417. The molecule has 0 N–H and O–H groups in total. The first-order chi connectivity index (χ1) is 8.11. The molecule has 1 aromatic rings. The Morgan fingerprint density at radius 1 is 1.53 bits per heavy atom. The van der Waals surface area contributed by atoms with E-state index in [1.165, 1.54) is 13.2 Å². The molecule has 0 spiro atoms. The number of hydrogen-bond acceptors (Lipinski definition) is 3. The maximum Gasteiger partial charge on any atom is 0.138 e. The van der Waals surface area contributed by atoms with Gasteiger partial charge in [-0.2, -0.15) is 0 Å². The van der Waals surface area contributed by atoms with Crippen molar-refractivity contribution in [2.75, 3.05) is 13.7 Å². The Labute approximate surface area is 107 Å². The van der Waals surface area contributed by atoms with E-state index in [-0.39, 0.29) is 12.2 Å². The van der Waals surface area contributed by atoms with Crippen molar-refractivity contribution in [2.45, 2.75) is 18.9 Å². The zero-order chi connectivity index (χ0) is 12.4. The van der Waals surface area contributed by atoms with E-state index in [1.54, 1.807) is 6.07 Å². The van der Waals surface area contributed by atoms with E-state index in [1.807, 2.05) is 0 Å². The smallest absolute Gasteiger partial charge is 0.138 e.